The van der Waals surface area contributed by atoms with Crippen molar-refractivity contribution in [3.8, 4) is 0 Å². The molecule has 0 saturated carbocycles. The molecule has 1 nitrogen and oxygen atoms in total. The Labute approximate surface area is 95.5 Å². The zero-order chi connectivity index (χ0) is 11.1. The van der Waals surface area contributed by atoms with Crippen LogP contribution in [0.1, 0.15) is 25.5 Å². The fourth-order valence-electron chi connectivity index (χ4n) is 1.43. The van der Waals surface area contributed by atoms with Crippen LogP contribution in [0.15, 0.2) is 29.2 Å². The molecule has 1 N–H and O–H groups in total. The zero-order valence-corrected chi connectivity index (χ0v) is 10.1. The Balaban J connectivity index is 2.55. The smallest absolute Gasteiger partial charge is 0.0988 e. The highest BCUT2D eigenvalue weighted by Gasteiger charge is 2.02. The summed E-state index contributed by atoms with van der Waals surface area (Å²) in [4.78, 5) is 1.14. The molecule has 1 aromatic carbocycles. The highest BCUT2D eigenvalue weighted by Crippen LogP contribution is 2.20. The second-order valence-corrected chi connectivity index (χ2v) is 4.55. The molecule has 0 heterocycles. The summed E-state index contributed by atoms with van der Waals surface area (Å²) in [5, 5.41) is 3.36. The Morgan fingerprint density at radius 3 is 2.53 bits per heavy atom. The third-order valence-electron chi connectivity index (χ3n) is 2.24. The molecule has 0 aliphatic heterocycles. The molecule has 0 aliphatic carbocycles. The van der Waals surface area contributed by atoms with Crippen LogP contribution in [0.25, 0.3) is 0 Å². The number of nitrogens with one attached hydrogen (secondary N) is 1. The fourth-order valence-corrected chi connectivity index (χ4v) is 2.07. The summed E-state index contributed by atoms with van der Waals surface area (Å²) in [5.41, 5.74) is 1.28. The van der Waals surface area contributed by atoms with Crippen molar-refractivity contribution in [2.24, 2.45) is 0 Å². The molecule has 84 valence electrons. The van der Waals surface area contributed by atoms with Crippen LogP contribution in [0.5, 0.6) is 0 Å². The molecule has 0 radical (unpaired) electrons. The Morgan fingerprint density at radius 1 is 1.33 bits per heavy atom. The third-order valence-corrected chi connectivity index (χ3v) is 3.20. The standard InChI is InChI=1S/C12H18FNS/c1-3-14-10(2)11-4-6-12(7-5-11)15-9-8-13/h4-7,10,14H,3,8-9H2,1-2H3. The van der Waals surface area contributed by atoms with E-state index in [1.807, 2.05) is 0 Å². The first-order valence-electron chi connectivity index (χ1n) is 5.30. The van der Waals surface area contributed by atoms with E-state index in [1.54, 1.807) is 11.8 Å². The lowest BCUT2D eigenvalue weighted by atomic mass is 10.1. The second-order valence-electron chi connectivity index (χ2n) is 3.39. The molecule has 0 amide bonds. The Kier molecular flexibility index (Phi) is 5.73. The summed E-state index contributed by atoms with van der Waals surface area (Å²) in [6.45, 7) is 4.95. The highest BCUT2D eigenvalue weighted by molar-refractivity contribution is 7.99. The second kappa shape index (κ2) is 6.85. The van der Waals surface area contributed by atoms with E-state index in [1.165, 1.54) is 5.56 Å². The van der Waals surface area contributed by atoms with Gasteiger partial charge in [-0.3, -0.25) is 4.39 Å². The molecule has 3 heteroatoms. The molecular weight excluding hydrogens is 209 g/mol. The molecule has 0 aliphatic rings. The Hall–Kier alpha value is -0.540. The van der Waals surface area contributed by atoms with Crippen molar-refractivity contribution in [1.29, 1.82) is 0 Å². The van der Waals surface area contributed by atoms with Gasteiger partial charge < -0.3 is 5.32 Å². The van der Waals surface area contributed by atoms with Crippen LogP contribution in [0.2, 0.25) is 0 Å². The molecule has 1 atom stereocenters. The highest BCUT2D eigenvalue weighted by atomic mass is 32.2. The number of benzene rings is 1. The summed E-state index contributed by atoms with van der Waals surface area (Å²) >= 11 is 1.56. The molecule has 1 aromatic rings. The van der Waals surface area contributed by atoms with E-state index in [-0.39, 0.29) is 6.67 Å². The quantitative estimate of drug-likeness (QED) is 0.747. The van der Waals surface area contributed by atoms with Gasteiger partial charge >= 0.3 is 0 Å². The zero-order valence-electron chi connectivity index (χ0n) is 9.29. The van der Waals surface area contributed by atoms with Gasteiger partial charge in [0.1, 0.15) is 0 Å². The van der Waals surface area contributed by atoms with Crippen molar-refractivity contribution >= 4 is 11.8 Å². The van der Waals surface area contributed by atoms with Gasteiger partial charge in [-0.25, -0.2) is 0 Å². The predicted octanol–water partition coefficient (Wildman–Crippen LogP) is 3.42. The maximum Gasteiger partial charge on any atom is 0.0988 e. The van der Waals surface area contributed by atoms with E-state index < -0.39 is 0 Å². The maximum absolute atomic E-state index is 12.0. The van der Waals surface area contributed by atoms with Gasteiger partial charge in [0, 0.05) is 16.7 Å². The number of alkyl halides is 1. The first-order valence-corrected chi connectivity index (χ1v) is 6.28. The van der Waals surface area contributed by atoms with Crippen LogP contribution in [-0.4, -0.2) is 19.0 Å². The summed E-state index contributed by atoms with van der Waals surface area (Å²) in [6.07, 6.45) is 0. The van der Waals surface area contributed by atoms with Crippen molar-refractivity contribution in [2.45, 2.75) is 24.8 Å². The van der Waals surface area contributed by atoms with Crippen LogP contribution < -0.4 is 5.32 Å². The average Bonchev–Trinajstić information content (AvgIpc) is 2.27. The van der Waals surface area contributed by atoms with Crippen molar-refractivity contribution < 1.29 is 4.39 Å². The van der Waals surface area contributed by atoms with Crippen LogP contribution in [0, 0.1) is 0 Å². The van der Waals surface area contributed by atoms with Gasteiger partial charge in [-0.1, -0.05) is 19.1 Å². The number of hydrogen-bond acceptors (Lipinski definition) is 2. The minimum Gasteiger partial charge on any atom is -0.310 e. The normalized spacial score (nSPS) is 12.7. The van der Waals surface area contributed by atoms with Crippen molar-refractivity contribution in [2.75, 3.05) is 19.0 Å². The number of thioether (sulfide) groups is 1. The van der Waals surface area contributed by atoms with Crippen LogP contribution in [-0.2, 0) is 0 Å². The lowest BCUT2D eigenvalue weighted by Gasteiger charge is -2.12. The lowest BCUT2D eigenvalue weighted by molar-refractivity contribution is 0.533. The molecule has 0 saturated heterocycles. The first kappa shape index (κ1) is 12.5. The number of rotatable bonds is 6. The Bertz CT molecular complexity index is 273. The van der Waals surface area contributed by atoms with Crippen molar-refractivity contribution in [3.05, 3.63) is 29.8 Å². The van der Waals surface area contributed by atoms with E-state index in [0.717, 1.165) is 11.4 Å². The van der Waals surface area contributed by atoms with Gasteiger partial charge in [0.05, 0.1) is 6.67 Å². The average molecular weight is 227 g/mol. The lowest BCUT2D eigenvalue weighted by Crippen LogP contribution is -2.17. The van der Waals surface area contributed by atoms with Gasteiger partial charge in [-0.15, -0.1) is 11.8 Å². The van der Waals surface area contributed by atoms with Crippen LogP contribution in [0.4, 0.5) is 4.39 Å². The fraction of sp³-hybridized carbons (Fsp3) is 0.500. The molecular formula is C12H18FNS. The van der Waals surface area contributed by atoms with Gasteiger partial charge in [0.2, 0.25) is 0 Å². The van der Waals surface area contributed by atoms with E-state index in [9.17, 15) is 4.39 Å². The molecule has 1 unspecified atom stereocenters. The molecule has 0 spiro atoms. The third kappa shape index (κ3) is 4.22. The summed E-state index contributed by atoms with van der Waals surface area (Å²) < 4.78 is 12.0. The summed E-state index contributed by atoms with van der Waals surface area (Å²) in [7, 11) is 0. The minimum absolute atomic E-state index is 0.264. The van der Waals surface area contributed by atoms with Crippen molar-refractivity contribution in [3.63, 3.8) is 0 Å². The first-order chi connectivity index (χ1) is 7.27. The predicted molar refractivity (Wildman–Crippen MR) is 65.2 cm³/mol. The van der Waals surface area contributed by atoms with Crippen molar-refractivity contribution in [1.82, 2.24) is 5.32 Å². The van der Waals surface area contributed by atoms with E-state index in [4.69, 9.17) is 0 Å². The molecule has 0 bridgehead atoms. The minimum atomic E-state index is -0.264. The summed E-state index contributed by atoms with van der Waals surface area (Å²) in [5.74, 6) is 0.544. The van der Waals surface area contributed by atoms with Gasteiger partial charge in [0.25, 0.3) is 0 Å². The summed E-state index contributed by atoms with van der Waals surface area (Å²) in [6, 6.07) is 8.71. The SMILES string of the molecule is CCNC(C)c1ccc(SCCF)cc1. The molecule has 0 aromatic heterocycles. The van der Waals surface area contributed by atoms with Crippen LogP contribution in [0.3, 0.4) is 0 Å². The largest absolute Gasteiger partial charge is 0.310 e. The molecule has 1 rings (SSSR count). The topological polar surface area (TPSA) is 12.0 Å². The Morgan fingerprint density at radius 2 is 2.00 bits per heavy atom. The molecule has 15 heavy (non-hydrogen) atoms. The van der Waals surface area contributed by atoms with Gasteiger partial charge in [0.15, 0.2) is 0 Å². The van der Waals surface area contributed by atoms with E-state index >= 15 is 0 Å². The maximum atomic E-state index is 12.0. The van der Waals surface area contributed by atoms with E-state index in [0.29, 0.717) is 11.8 Å². The molecule has 0 fully saturated rings. The monoisotopic (exact) mass is 227 g/mol. The van der Waals surface area contributed by atoms with Gasteiger partial charge in [-0.2, -0.15) is 0 Å². The number of hydrogen-bond donors (Lipinski definition) is 1. The number of halogens is 1. The van der Waals surface area contributed by atoms with Gasteiger partial charge in [-0.05, 0) is 31.2 Å². The van der Waals surface area contributed by atoms with Crippen LogP contribution >= 0.6 is 11.8 Å². The van der Waals surface area contributed by atoms with E-state index in [2.05, 4.69) is 43.4 Å².